The number of rotatable bonds is 2. The topological polar surface area (TPSA) is 20.2 Å². The molecular weight excluding hydrogens is 376 g/mol. The smallest absolute Gasteiger partial charge is 0.0653 e. The first-order valence-corrected chi connectivity index (χ1v) is 13.1. The Kier molecular flexibility index (Phi) is 3.77. The van der Waals surface area contributed by atoms with Gasteiger partial charge in [-0.2, -0.15) is 0 Å². The van der Waals surface area contributed by atoms with Gasteiger partial charge in [-0.1, -0.05) is 75.0 Å². The van der Waals surface area contributed by atoms with Gasteiger partial charge in [-0.15, -0.1) is 0 Å². The van der Waals surface area contributed by atoms with Crippen molar-refractivity contribution in [3.8, 4) is 0 Å². The van der Waals surface area contributed by atoms with Crippen molar-refractivity contribution < 1.29 is 5.11 Å². The van der Waals surface area contributed by atoms with Crippen molar-refractivity contribution in [2.24, 2.45) is 51.2 Å². The molecule has 0 radical (unpaired) electrons. The lowest BCUT2D eigenvalue weighted by Crippen LogP contribution is -2.63. The van der Waals surface area contributed by atoms with Gasteiger partial charge in [0.2, 0.25) is 0 Å². The molecule has 0 aromatic heterocycles. The van der Waals surface area contributed by atoms with Gasteiger partial charge >= 0.3 is 0 Å². The largest absolute Gasteiger partial charge is 0.392 e. The molecule has 0 saturated heterocycles. The molecule has 1 heteroatoms. The Bertz CT molecular complexity index is 982. The van der Waals surface area contributed by atoms with E-state index in [1.807, 2.05) is 0 Å². The molecule has 6 bridgehead atoms. The van der Waals surface area contributed by atoms with E-state index in [1.165, 1.54) is 25.7 Å². The van der Waals surface area contributed by atoms with Crippen LogP contribution in [0.25, 0.3) is 0 Å². The van der Waals surface area contributed by atoms with Crippen LogP contribution in [0, 0.1) is 51.2 Å². The van der Waals surface area contributed by atoms with Gasteiger partial charge in [0.15, 0.2) is 0 Å². The summed E-state index contributed by atoms with van der Waals surface area (Å²) in [4.78, 5) is 0. The van der Waals surface area contributed by atoms with E-state index in [-0.39, 0.29) is 16.9 Å². The molecular formula is C30H44O. The number of fused-ring (bicyclic) bond motifs is 8. The summed E-state index contributed by atoms with van der Waals surface area (Å²) in [7, 11) is 0. The number of allylic oxidation sites excluding steroid dienone is 5. The fraction of sp³-hybridized carbons (Fsp3) is 0.800. The average molecular weight is 421 g/mol. The van der Waals surface area contributed by atoms with Crippen LogP contribution in [0.2, 0.25) is 0 Å². The number of hydrogen-bond donors (Lipinski definition) is 1. The molecule has 3 fully saturated rings. The van der Waals surface area contributed by atoms with Crippen LogP contribution in [-0.2, 0) is 0 Å². The van der Waals surface area contributed by atoms with Crippen LogP contribution >= 0.6 is 0 Å². The van der Waals surface area contributed by atoms with Crippen LogP contribution in [-0.4, -0.2) is 11.2 Å². The Morgan fingerprint density at radius 1 is 0.710 bits per heavy atom. The standard InChI is InChI=1S/C30H44O/c1-15-20-10-18(27(20,4)5)11-22(15)30(14-19-12-23(17(30)3)28(19,6)7)25-16(2)21-13-24(26(25)31)29(21,8)9/h18-19,22,24-26,31H,10-14H2,1-9H3/t18?,19?,22?,24?,25-,26?,30?/m0/s1. The summed E-state index contributed by atoms with van der Waals surface area (Å²) in [5.41, 5.74) is 11.2. The maximum Gasteiger partial charge on any atom is 0.0653 e. The maximum absolute atomic E-state index is 12.0. The van der Waals surface area contributed by atoms with E-state index < -0.39 is 0 Å². The van der Waals surface area contributed by atoms with E-state index in [0.717, 1.165) is 18.3 Å². The number of aliphatic hydroxyl groups excluding tert-OH is 1. The van der Waals surface area contributed by atoms with E-state index in [2.05, 4.69) is 62.3 Å². The second kappa shape index (κ2) is 5.63. The van der Waals surface area contributed by atoms with Crippen molar-refractivity contribution in [1.82, 2.24) is 0 Å². The van der Waals surface area contributed by atoms with Crippen LogP contribution in [0.3, 0.4) is 0 Å². The Labute approximate surface area is 190 Å². The predicted octanol–water partition coefficient (Wildman–Crippen LogP) is 7.47. The zero-order valence-electron chi connectivity index (χ0n) is 21.4. The molecule has 170 valence electrons. The van der Waals surface area contributed by atoms with E-state index in [1.54, 1.807) is 33.4 Å². The summed E-state index contributed by atoms with van der Waals surface area (Å²) < 4.78 is 0. The molecule has 1 nitrogen and oxygen atoms in total. The van der Waals surface area contributed by atoms with Gasteiger partial charge in [-0.25, -0.2) is 0 Å². The van der Waals surface area contributed by atoms with Crippen LogP contribution in [0.1, 0.15) is 94.4 Å². The van der Waals surface area contributed by atoms with Gasteiger partial charge in [-0.05, 0) is 92.8 Å². The zero-order chi connectivity index (χ0) is 22.5. The molecule has 9 aliphatic carbocycles. The van der Waals surface area contributed by atoms with Crippen molar-refractivity contribution in [2.75, 3.05) is 0 Å². The third-order valence-electron chi connectivity index (χ3n) is 12.8. The molecule has 31 heavy (non-hydrogen) atoms. The molecule has 6 unspecified atom stereocenters. The Hall–Kier alpha value is -0.820. The second-order valence-electron chi connectivity index (χ2n) is 14.2. The van der Waals surface area contributed by atoms with Gasteiger partial charge in [0.25, 0.3) is 0 Å². The van der Waals surface area contributed by atoms with Crippen LogP contribution < -0.4 is 0 Å². The molecule has 0 aliphatic heterocycles. The van der Waals surface area contributed by atoms with Crippen molar-refractivity contribution in [3.05, 3.63) is 33.4 Å². The molecule has 1 N–H and O–H groups in total. The van der Waals surface area contributed by atoms with Gasteiger partial charge in [0.1, 0.15) is 0 Å². The maximum atomic E-state index is 12.0. The lowest BCUT2D eigenvalue weighted by Gasteiger charge is -2.69. The highest BCUT2D eigenvalue weighted by Gasteiger charge is 2.67. The van der Waals surface area contributed by atoms with E-state index in [0.29, 0.717) is 28.6 Å². The number of aliphatic hydroxyl groups is 1. The third kappa shape index (κ3) is 2.06. The first-order valence-electron chi connectivity index (χ1n) is 13.1. The highest BCUT2D eigenvalue weighted by atomic mass is 16.3. The molecule has 9 rings (SSSR count). The van der Waals surface area contributed by atoms with Gasteiger partial charge in [-0.3, -0.25) is 0 Å². The van der Waals surface area contributed by atoms with Crippen LogP contribution in [0.4, 0.5) is 0 Å². The third-order valence-corrected chi connectivity index (χ3v) is 12.8. The summed E-state index contributed by atoms with van der Waals surface area (Å²) in [5, 5.41) is 12.0. The fourth-order valence-electron chi connectivity index (χ4n) is 10.3. The summed E-state index contributed by atoms with van der Waals surface area (Å²) in [6.45, 7) is 22.1. The van der Waals surface area contributed by atoms with E-state index >= 15 is 0 Å². The molecule has 0 amide bonds. The van der Waals surface area contributed by atoms with Crippen molar-refractivity contribution in [3.63, 3.8) is 0 Å². The predicted molar refractivity (Wildman–Crippen MR) is 128 cm³/mol. The lowest BCUT2D eigenvalue weighted by molar-refractivity contribution is -0.110. The van der Waals surface area contributed by atoms with Gasteiger partial charge < -0.3 is 5.11 Å². The molecule has 0 spiro atoms. The highest BCUT2D eigenvalue weighted by molar-refractivity contribution is 5.49. The minimum atomic E-state index is -0.187. The monoisotopic (exact) mass is 420 g/mol. The van der Waals surface area contributed by atoms with E-state index in [4.69, 9.17) is 0 Å². The minimum absolute atomic E-state index is 0.141. The molecule has 7 atom stereocenters. The summed E-state index contributed by atoms with van der Waals surface area (Å²) >= 11 is 0. The van der Waals surface area contributed by atoms with Crippen LogP contribution in [0.15, 0.2) is 33.4 Å². The molecule has 0 heterocycles. The highest BCUT2D eigenvalue weighted by Crippen LogP contribution is 2.75. The first kappa shape index (κ1) is 20.8. The molecule has 0 aromatic carbocycles. The fourth-order valence-corrected chi connectivity index (χ4v) is 10.3. The summed E-state index contributed by atoms with van der Waals surface area (Å²) in [6, 6.07) is 0. The summed E-state index contributed by atoms with van der Waals surface area (Å²) in [6.07, 6.45) is 6.21. The summed E-state index contributed by atoms with van der Waals surface area (Å²) in [5.74, 6) is 3.01. The SMILES string of the molecule is CC1=C2CC(CC1C1([C@H]3C(C)=C4CC(C3O)C4(C)C)CC3CC(=C1C)C3(C)C)C2(C)C. The Morgan fingerprint density at radius 2 is 1.29 bits per heavy atom. The second-order valence-corrected chi connectivity index (χ2v) is 14.2. The van der Waals surface area contributed by atoms with Crippen LogP contribution in [0.5, 0.6) is 0 Å². The Balaban J connectivity index is 1.57. The molecule has 9 aliphatic rings. The van der Waals surface area contributed by atoms with Gasteiger partial charge in [0.05, 0.1) is 6.10 Å². The minimum Gasteiger partial charge on any atom is -0.392 e. The Morgan fingerprint density at radius 3 is 1.77 bits per heavy atom. The molecule has 3 saturated carbocycles. The van der Waals surface area contributed by atoms with Crippen molar-refractivity contribution in [2.45, 2.75) is 101 Å². The normalized spacial score (nSPS) is 48.2. The van der Waals surface area contributed by atoms with E-state index in [9.17, 15) is 5.11 Å². The number of hydrogen-bond acceptors (Lipinski definition) is 1. The average Bonchev–Trinajstić information content (AvgIpc) is 2.67. The van der Waals surface area contributed by atoms with Crippen molar-refractivity contribution in [1.29, 1.82) is 0 Å². The lowest BCUT2D eigenvalue weighted by atomic mass is 9.35. The zero-order valence-corrected chi connectivity index (χ0v) is 21.4. The van der Waals surface area contributed by atoms with Crippen molar-refractivity contribution >= 4 is 0 Å². The van der Waals surface area contributed by atoms with Gasteiger partial charge in [0, 0.05) is 11.3 Å². The first-order chi connectivity index (χ1) is 14.3. The molecule has 0 aromatic rings. The quantitative estimate of drug-likeness (QED) is 0.459.